The van der Waals surface area contributed by atoms with Gasteiger partial charge in [-0.05, 0) is 72.5 Å². The Morgan fingerprint density at radius 3 is 2.50 bits per heavy atom. The van der Waals surface area contributed by atoms with E-state index in [0.717, 1.165) is 22.3 Å². The first-order valence-electron chi connectivity index (χ1n) is 9.98. The molecule has 0 radical (unpaired) electrons. The number of rotatable bonds is 4. The highest BCUT2D eigenvalue weighted by molar-refractivity contribution is 6.31. The van der Waals surface area contributed by atoms with E-state index in [-0.39, 0.29) is 6.54 Å². The largest absolute Gasteiger partial charge is 0.507 e. The van der Waals surface area contributed by atoms with E-state index in [1.807, 2.05) is 44.2 Å². The van der Waals surface area contributed by atoms with Gasteiger partial charge in [-0.25, -0.2) is 9.78 Å². The van der Waals surface area contributed by atoms with Crippen molar-refractivity contribution in [2.24, 2.45) is 5.73 Å². The van der Waals surface area contributed by atoms with Gasteiger partial charge in [0.2, 0.25) is 0 Å². The number of phenols is 1. The van der Waals surface area contributed by atoms with Crippen LogP contribution in [-0.4, -0.2) is 21.1 Å². The van der Waals surface area contributed by atoms with Gasteiger partial charge in [0.15, 0.2) is 5.82 Å². The number of phenolic OH excluding ortho intramolecular Hbond substituents is 1. The van der Waals surface area contributed by atoms with Crippen molar-refractivity contribution in [2.45, 2.75) is 20.4 Å². The molecule has 0 fully saturated rings. The molecule has 162 valence electrons. The third-order valence-corrected chi connectivity index (χ3v) is 5.53. The summed E-state index contributed by atoms with van der Waals surface area (Å²) in [6.07, 6.45) is 1.50. The molecule has 0 aliphatic carbocycles. The summed E-state index contributed by atoms with van der Waals surface area (Å²) >= 11 is 6.14. The van der Waals surface area contributed by atoms with E-state index < -0.39 is 6.03 Å². The number of halogens is 1. The van der Waals surface area contributed by atoms with E-state index in [4.69, 9.17) is 17.3 Å². The van der Waals surface area contributed by atoms with E-state index in [2.05, 4.69) is 20.6 Å². The zero-order valence-corrected chi connectivity index (χ0v) is 18.4. The number of anilines is 2. The van der Waals surface area contributed by atoms with Crippen LogP contribution in [0, 0.1) is 13.8 Å². The topological polar surface area (TPSA) is 113 Å². The molecule has 0 unspecified atom stereocenters. The van der Waals surface area contributed by atoms with Crippen LogP contribution in [0.25, 0.3) is 22.2 Å². The fourth-order valence-corrected chi connectivity index (χ4v) is 3.78. The molecule has 0 aliphatic heterocycles. The highest BCUT2D eigenvalue weighted by Crippen LogP contribution is 2.30. The van der Waals surface area contributed by atoms with Gasteiger partial charge in [0.25, 0.3) is 0 Å². The Kier molecular flexibility index (Phi) is 5.94. The van der Waals surface area contributed by atoms with Gasteiger partial charge in [-0.15, -0.1) is 0 Å². The van der Waals surface area contributed by atoms with Crippen molar-refractivity contribution in [1.82, 2.24) is 9.97 Å². The summed E-state index contributed by atoms with van der Waals surface area (Å²) in [7, 11) is 0. The van der Waals surface area contributed by atoms with Gasteiger partial charge in [0.05, 0.1) is 17.2 Å². The first-order chi connectivity index (χ1) is 15.4. The molecule has 0 atom stereocenters. The number of aryl methyl sites for hydroxylation is 2. The minimum atomic E-state index is -0.475. The highest BCUT2D eigenvalue weighted by Gasteiger charge is 2.11. The second-order valence-corrected chi connectivity index (χ2v) is 7.87. The normalized spacial score (nSPS) is 10.9. The van der Waals surface area contributed by atoms with E-state index >= 15 is 0 Å². The zero-order chi connectivity index (χ0) is 22.8. The average molecular weight is 448 g/mol. The summed E-state index contributed by atoms with van der Waals surface area (Å²) < 4.78 is 0. The van der Waals surface area contributed by atoms with Gasteiger partial charge in [0, 0.05) is 22.8 Å². The first kappa shape index (κ1) is 21.5. The van der Waals surface area contributed by atoms with Crippen LogP contribution in [0.4, 0.5) is 16.3 Å². The Bertz CT molecular complexity index is 1320. The van der Waals surface area contributed by atoms with Gasteiger partial charge < -0.3 is 16.2 Å². The zero-order valence-electron chi connectivity index (χ0n) is 17.6. The molecule has 5 N–H and O–H groups in total. The van der Waals surface area contributed by atoms with Gasteiger partial charge in [0.1, 0.15) is 5.75 Å². The molecule has 0 saturated carbocycles. The van der Waals surface area contributed by atoms with Crippen LogP contribution in [0.15, 0.2) is 54.7 Å². The number of carbonyl (C=O) groups excluding carboxylic acids is 1. The minimum Gasteiger partial charge on any atom is -0.507 e. The van der Waals surface area contributed by atoms with Crippen LogP contribution >= 0.6 is 11.6 Å². The fourth-order valence-electron chi connectivity index (χ4n) is 3.53. The Morgan fingerprint density at radius 2 is 1.78 bits per heavy atom. The summed E-state index contributed by atoms with van der Waals surface area (Å²) in [6, 6.07) is 14.3. The van der Waals surface area contributed by atoms with Crippen molar-refractivity contribution in [3.05, 3.63) is 76.4 Å². The number of aromatic hydroxyl groups is 1. The van der Waals surface area contributed by atoms with Crippen molar-refractivity contribution in [1.29, 1.82) is 0 Å². The monoisotopic (exact) mass is 447 g/mol. The molecule has 4 aromatic rings. The fraction of sp³-hybridized carbons (Fsp3) is 0.125. The quantitative estimate of drug-likeness (QED) is 0.335. The van der Waals surface area contributed by atoms with E-state index in [1.165, 1.54) is 6.20 Å². The van der Waals surface area contributed by atoms with E-state index in [0.29, 0.717) is 38.9 Å². The van der Waals surface area contributed by atoms with Crippen LogP contribution in [0.2, 0.25) is 5.02 Å². The molecule has 7 nitrogen and oxygen atoms in total. The first-order valence-corrected chi connectivity index (χ1v) is 10.4. The van der Waals surface area contributed by atoms with Crippen LogP contribution in [-0.2, 0) is 6.54 Å². The number of urea groups is 1. The van der Waals surface area contributed by atoms with Crippen LogP contribution in [0.5, 0.6) is 5.75 Å². The lowest BCUT2D eigenvalue weighted by Crippen LogP contribution is -2.21. The Hall–Kier alpha value is -3.68. The molecule has 2 amide bonds. The SMILES string of the molecule is Cc1cc(-c2ccc3ncc(NC(=O)Nc4cccc(Cl)c4CN)nc3c2)cc(C)c1O. The second-order valence-electron chi connectivity index (χ2n) is 7.47. The molecule has 0 saturated heterocycles. The molecular formula is C24H22ClN5O2. The maximum atomic E-state index is 12.5. The highest BCUT2D eigenvalue weighted by atomic mass is 35.5. The number of carbonyl (C=O) groups is 1. The van der Waals surface area contributed by atoms with Crippen LogP contribution < -0.4 is 16.4 Å². The van der Waals surface area contributed by atoms with Crippen molar-refractivity contribution in [3.63, 3.8) is 0 Å². The van der Waals surface area contributed by atoms with E-state index in [1.54, 1.807) is 18.2 Å². The Balaban J connectivity index is 1.59. The molecule has 0 bridgehead atoms. The third-order valence-electron chi connectivity index (χ3n) is 5.18. The summed E-state index contributed by atoms with van der Waals surface area (Å²) in [5, 5.41) is 16.0. The molecule has 32 heavy (non-hydrogen) atoms. The van der Waals surface area contributed by atoms with Gasteiger partial charge >= 0.3 is 6.03 Å². The number of hydrogen-bond acceptors (Lipinski definition) is 5. The lowest BCUT2D eigenvalue weighted by molar-refractivity contribution is 0.262. The summed E-state index contributed by atoms with van der Waals surface area (Å²) in [5.74, 6) is 0.603. The summed E-state index contributed by atoms with van der Waals surface area (Å²) in [5.41, 5.74) is 11.8. The number of benzene rings is 3. The van der Waals surface area contributed by atoms with Gasteiger partial charge in [-0.3, -0.25) is 10.3 Å². The molecule has 0 aliphatic rings. The number of amides is 2. The average Bonchev–Trinajstić information content (AvgIpc) is 2.76. The smallest absolute Gasteiger partial charge is 0.324 e. The molecule has 8 heteroatoms. The molecule has 0 spiro atoms. The van der Waals surface area contributed by atoms with Crippen LogP contribution in [0.1, 0.15) is 16.7 Å². The molecule has 1 heterocycles. The standard InChI is InChI=1S/C24H22ClN5O2/c1-13-8-16(9-14(2)23(13)31)15-6-7-20-21(10-15)28-22(12-27-20)30-24(32)29-19-5-3-4-18(25)17(19)11-26/h3-10,12,31H,11,26H2,1-2H3,(H2,28,29,30,32). The van der Waals surface area contributed by atoms with Crippen molar-refractivity contribution < 1.29 is 9.90 Å². The van der Waals surface area contributed by atoms with Crippen molar-refractivity contribution in [3.8, 4) is 16.9 Å². The second kappa shape index (κ2) is 8.82. The number of nitrogens with two attached hydrogens (primary N) is 1. The lowest BCUT2D eigenvalue weighted by Gasteiger charge is -2.12. The molecule has 1 aromatic heterocycles. The van der Waals surface area contributed by atoms with Crippen molar-refractivity contribution in [2.75, 3.05) is 10.6 Å². The molecule has 4 rings (SSSR count). The molecule has 3 aromatic carbocycles. The number of hydrogen-bond donors (Lipinski definition) is 4. The maximum absolute atomic E-state index is 12.5. The van der Waals surface area contributed by atoms with Gasteiger partial charge in [-0.2, -0.15) is 0 Å². The summed E-state index contributed by atoms with van der Waals surface area (Å²) in [4.78, 5) is 21.4. The number of nitrogens with zero attached hydrogens (tertiary/aromatic N) is 2. The number of aromatic nitrogens is 2. The van der Waals surface area contributed by atoms with Crippen LogP contribution in [0.3, 0.4) is 0 Å². The number of fused-ring (bicyclic) bond motifs is 1. The predicted molar refractivity (Wildman–Crippen MR) is 128 cm³/mol. The number of nitrogens with one attached hydrogen (secondary N) is 2. The molecular weight excluding hydrogens is 426 g/mol. The minimum absolute atomic E-state index is 0.198. The van der Waals surface area contributed by atoms with Crippen molar-refractivity contribution >= 4 is 40.2 Å². The predicted octanol–water partition coefficient (Wildman–Crippen LogP) is 5.38. The summed E-state index contributed by atoms with van der Waals surface area (Å²) in [6.45, 7) is 3.93. The lowest BCUT2D eigenvalue weighted by atomic mass is 9.99. The third kappa shape index (κ3) is 4.34. The van der Waals surface area contributed by atoms with Gasteiger partial charge in [-0.1, -0.05) is 23.7 Å². The van der Waals surface area contributed by atoms with E-state index in [9.17, 15) is 9.90 Å². The maximum Gasteiger partial charge on any atom is 0.324 e. The Morgan fingerprint density at radius 1 is 1.03 bits per heavy atom. The Labute approximate surface area is 190 Å².